The number of carbonyl (C=O) groups excluding carboxylic acids is 1. The van der Waals surface area contributed by atoms with Crippen LogP contribution in [-0.4, -0.2) is 38.7 Å². The van der Waals surface area contributed by atoms with Crippen LogP contribution >= 0.6 is 0 Å². The lowest BCUT2D eigenvalue weighted by Crippen LogP contribution is -2.39. The average molecular weight is 368 g/mol. The number of aryl methyl sites for hydroxylation is 3. The smallest absolute Gasteiger partial charge is 0.227 e. The average Bonchev–Trinajstić information content (AvgIpc) is 3.15. The molecule has 1 aliphatic carbocycles. The molecule has 4 rings (SSSR count). The molecule has 27 heavy (non-hydrogen) atoms. The monoisotopic (exact) mass is 368 g/mol. The van der Waals surface area contributed by atoms with Crippen LogP contribution in [0.2, 0.25) is 0 Å². The molecule has 0 aromatic carbocycles. The van der Waals surface area contributed by atoms with E-state index in [0.717, 1.165) is 62.6 Å². The van der Waals surface area contributed by atoms with E-state index in [4.69, 9.17) is 4.98 Å². The van der Waals surface area contributed by atoms with Crippen molar-refractivity contribution in [2.45, 2.75) is 58.9 Å². The quantitative estimate of drug-likeness (QED) is 0.898. The van der Waals surface area contributed by atoms with E-state index >= 15 is 0 Å². The van der Waals surface area contributed by atoms with Crippen molar-refractivity contribution in [2.75, 3.05) is 23.3 Å². The molecular weight excluding hydrogens is 340 g/mol. The summed E-state index contributed by atoms with van der Waals surface area (Å²) in [5.41, 5.74) is 3.35. The minimum absolute atomic E-state index is 0.0463. The fourth-order valence-corrected chi connectivity index (χ4v) is 4.16. The van der Waals surface area contributed by atoms with Gasteiger partial charge < -0.3 is 10.2 Å². The second-order valence-electron chi connectivity index (χ2n) is 7.56. The number of anilines is 2. The third kappa shape index (κ3) is 3.82. The number of hydrogen-bond donors (Lipinski definition) is 1. The molecule has 144 valence electrons. The molecule has 1 saturated heterocycles. The van der Waals surface area contributed by atoms with E-state index in [1.807, 2.05) is 24.7 Å². The third-order valence-electron chi connectivity index (χ3n) is 5.66. The van der Waals surface area contributed by atoms with Gasteiger partial charge in [0.15, 0.2) is 0 Å². The Morgan fingerprint density at radius 2 is 2.00 bits per heavy atom. The molecule has 1 aliphatic heterocycles. The second-order valence-corrected chi connectivity index (χ2v) is 7.56. The SMILES string of the molecule is CCn1cc(NC(=O)C2CCN(c3nc(C)nc4c3CCCC4)CC2)cn1. The van der Waals surface area contributed by atoms with Gasteiger partial charge in [0.2, 0.25) is 5.91 Å². The number of aromatic nitrogens is 4. The molecule has 7 nitrogen and oxygen atoms in total. The fourth-order valence-electron chi connectivity index (χ4n) is 4.16. The number of piperidine rings is 1. The number of amides is 1. The predicted molar refractivity (Wildman–Crippen MR) is 105 cm³/mol. The maximum Gasteiger partial charge on any atom is 0.227 e. The van der Waals surface area contributed by atoms with Crippen molar-refractivity contribution in [3.8, 4) is 0 Å². The minimum Gasteiger partial charge on any atom is -0.356 e. The first-order valence-corrected chi connectivity index (χ1v) is 10.1. The van der Waals surface area contributed by atoms with Gasteiger partial charge in [0.25, 0.3) is 0 Å². The van der Waals surface area contributed by atoms with Crippen molar-refractivity contribution in [3.05, 3.63) is 29.5 Å². The second kappa shape index (κ2) is 7.66. The molecular formula is C20H28N6O. The lowest BCUT2D eigenvalue weighted by Gasteiger charge is -2.34. The highest BCUT2D eigenvalue weighted by Crippen LogP contribution is 2.31. The highest BCUT2D eigenvalue weighted by Gasteiger charge is 2.28. The van der Waals surface area contributed by atoms with Gasteiger partial charge in [-0.2, -0.15) is 5.10 Å². The molecule has 0 unspecified atom stereocenters. The van der Waals surface area contributed by atoms with E-state index in [9.17, 15) is 4.79 Å². The molecule has 2 aromatic heterocycles. The topological polar surface area (TPSA) is 75.9 Å². The van der Waals surface area contributed by atoms with Crippen molar-refractivity contribution in [1.82, 2.24) is 19.7 Å². The standard InChI is InChI=1S/C20H28N6O/c1-3-26-13-16(12-21-26)24-20(27)15-8-10-25(11-9-15)19-17-6-4-5-7-18(17)22-14(2)23-19/h12-13,15H,3-11H2,1-2H3,(H,24,27). The van der Waals surface area contributed by atoms with Crippen LogP contribution in [0.25, 0.3) is 0 Å². The van der Waals surface area contributed by atoms with Gasteiger partial charge in [0, 0.05) is 43.0 Å². The number of fused-ring (bicyclic) bond motifs is 1. The van der Waals surface area contributed by atoms with Gasteiger partial charge >= 0.3 is 0 Å². The van der Waals surface area contributed by atoms with Crippen LogP contribution in [0.3, 0.4) is 0 Å². The zero-order valence-electron chi connectivity index (χ0n) is 16.2. The van der Waals surface area contributed by atoms with Crippen molar-refractivity contribution in [3.63, 3.8) is 0 Å². The molecule has 2 aromatic rings. The molecule has 1 N–H and O–H groups in total. The van der Waals surface area contributed by atoms with Crippen LogP contribution in [-0.2, 0) is 24.2 Å². The van der Waals surface area contributed by atoms with Crippen LogP contribution in [0.15, 0.2) is 12.4 Å². The van der Waals surface area contributed by atoms with E-state index in [1.54, 1.807) is 6.20 Å². The summed E-state index contributed by atoms with van der Waals surface area (Å²) in [5, 5.41) is 7.23. The van der Waals surface area contributed by atoms with Crippen LogP contribution in [0.5, 0.6) is 0 Å². The van der Waals surface area contributed by atoms with E-state index in [0.29, 0.717) is 0 Å². The Labute approximate surface area is 160 Å². The summed E-state index contributed by atoms with van der Waals surface area (Å²) in [4.78, 5) is 24.4. The van der Waals surface area contributed by atoms with Gasteiger partial charge in [-0.3, -0.25) is 9.48 Å². The Hall–Kier alpha value is -2.44. The fraction of sp³-hybridized carbons (Fsp3) is 0.600. The number of nitrogens with zero attached hydrogens (tertiary/aromatic N) is 5. The minimum atomic E-state index is 0.0463. The van der Waals surface area contributed by atoms with Gasteiger partial charge in [-0.1, -0.05) is 0 Å². The Bertz CT molecular complexity index is 822. The first-order chi connectivity index (χ1) is 13.1. The number of rotatable bonds is 4. The number of nitrogens with one attached hydrogen (secondary N) is 1. The van der Waals surface area contributed by atoms with Gasteiger partial charge in [0.05, 0.1) is 11.9 Å². The first kappa shape index (κ1) is 17.9. The van der Waals surface area contributed by atoms with E-state index in [1.165, 1.54) is 24.1 Å². The Balaban J connectivity index is 1.40. The first-order valence-electron chi connectivity index (χ1n) is 10.1. The molecule has 7 heteroatoms. The number of hydrogen-bond acceptors (Lipinski definition) is 5. The molecule has 1 fully saturated rings. The lowest BCUT2D eigenvalue weighted by atomic mass is 9.93. The molecule has 0 spiro atoms. The van der Waals surface area contributed by atoms with Crippen molar-refractivity contribution >= 4 is 17.4 Å². The maximum absolute atomic E-state index is 12.6. The van der Waals surface area contributed by atoms with E-state index in [-0.39, 0.29) is 11.8 Å². The largest absolute Gasteiger partial charge is 0.356 e. The van der Waals surface area contributed by atoms with Gasteiger partial charge in [-0.05, 0) is 52.4 Å². The highest BCUT2D eigenvalue weighted by molar-refractivity contribution is 5.92. The van der Waals surface area contributed by atoms with Crippen molar-refractivity contribution in [2.24, 2.45) is 5.92 Å². The van der Waals surface area contributed by atoms with Crippen LogP contribution in [0.1, 0.15) is 49.7 Å². The Morgan fingerprint density at radius 3 is 2.74 bits per heavy atom. The van der Waals surface area contributed by atoms with Crippen LogP contribution in [0, 0.1) is 12.8 Å². The zero-order chi connectivity index (χ0) is 18.8. The van der Waals surface area contributed by atoms with Gasteiger partial charge in [0.1, 0.15) is 11.6 Å². The highest BCUT2D eigenvalue weighted by atomic mass is 16.1. The normalized spacial score (nSPS) is 17.6. The summed E-state index contributed by atoms with van der Waals surface area (Å²) in [6, 6.07) is 0. The van der Waals surface area contributed by atoms with Crippen molar-refractivity contribution in [1.29, 1.82) is 0 Å². The summed E-state index contributed by atoms with van der Waals surface area (Å²) < 4.78 is 1.82. The van der Waals surface area contributed by atoms with Crippen molar-refractivity contribution < 1.29 is 4.79 Å². The van der Waals surface area contributed by atoms with Gasteiger partial charge in [-0.25, -0.2) is 9.97 Å². The number of carbonyl (C=O) groups is 1. The molecule has 2 aliphatic rings. The van der Waals surface area contributed by atoms with Gasteiger partial charge in [-0.15, -0.1) is 0 Å². The Morgan fingerprint density at radius 1 is 1.22 bits per heavy atom. The van der Waals surface area contributed by atoms with E-state index < -0.39 is 0 Å². The van der Waals surface area contributed by atoms with E-state index in [2.05, 4.69) is 20.3 Å². The summed E-state index contributed by atoms with van der Waals surface area (Å²) in [6.07, 6.45) is 9.88. The maximum atomic E-state index is 12.6. The molecule has 1 amide bonds. The zero-order valence-corrected chi connectivity index (χ0v) is 16.2. The summed E-state index contributed by atoms with van der Waals surface area (Å²) in [6.45, 7) is 6.55. The molecule has 0 atom stereocenters. The van der Waals surface area contributed by atoms with Crippen LogP contribution in [0.4, 0.5) is 11.5 Å². The molecule has 3 heterocycles. The molecule has 0 saturated carbocycles. The predicted octanol–water partition coefficient (Wildman–Crippen LogP) is 2.74. The van der Waals surface area contributed by atoms with Crippen LogP contribution < -0.4 is 10.2 Å². The lowest BCUT2D eigenvalue weighted by molar-refractivity contribution is -0.120. The summed E-state index contributed by atoms with van der Waals surface area (Å²) >= 11 is 0. The molecule has 0 radical (unpaired) electrons. The Kier molecular flexibility index (Phi) is 5.09. The summed E-state index contributed by atoms with van der Waals surface area (Å²) in [7, 11) is 0. The summed E-state index contributed by atoms with van der Waals surface area (Å²) in [5.74, 6) is 2.12. The molecule has 0 bridgehead atoms. The third-order valence-corrected chi connectivity index (χ3v) is 5.66.